The Labute approximate surface area is 146 Å². The van der Waals surface area contributed by atoms with Gasteiger partial charge in [0.1, 0.15) is 0 Å². The maximum Gasteiger partial charge on any atom is 0.0550 e. The van der Waals surface area contributed by atoms with Crippen molar-refractivity contribution in [2.75, 3.05) is 0 Å². The molecule has 0 unspecified atom stereocenters. The first-order chi connectivity index (χ1) is 12.4. The minimum Gasteiger partial charge on any atom is -0.354 e. The molecule has 5 aromatic rings. The van der Waals surface area contributed by atoms with Crippen molar-refractivity contribution < 1.29 is 0 Å². The van der Waals surface area contributed by atoms with Crippen LogP contribution in [0.2, 0.25) is 0 Å². The lowest BCUT2D eigenvalue weighted by Gasteiger charge is -2.12. The minimum absolute atomic E-state index is 1.18. The number of H-pyrrole nitrogens is 1. The van der Waals surface area contributed by atoms with Gasteiger partial charge in [0.2, 0.25) is 0 Å². The van der Waals surface area contributed by atoms with Gasteiger partial charge in [-0.2, -0.15) is 0 Å². The van der Waals surface area contributed by atoms with Crippen LogP contribution in [0.25, 0.3) is 44.1 Å². The summed E-state index contributed by atoms with van der Waals surface area (Å²) in [4.78, 5) is 3.66. The number of aromatic nitrogens is 1. The molecule has 0 atom stereocenters. The van der Waals surface area contributed by atoms with Crippen molar-refractivity contribution in [2.45, 2.75) is 0 Å². The van der Waals surface area contributed by atoms with E-state index < -0.39 is 0 Å². The fraction of sp³-hybridized carbons (Fsp3) is 0. The van der Waals surface area contributed by atoms with E-state index in [0.717, 1.165) is 0 Å². The summed E-state index contributed by atoms with van der Waals surface area (Å²) in [7, 11) is 0. The molecule has 0 aliphatic heterocycles. The molecule has 118 valence electrons. The largest absolute Gasteiger partial charge is 0.354 e. The number of para-hydroxylation sites is 1. The molecule has 0 saturated heterocycles. The lowest BCUT2D eigenvalue weighted by Crippen LogP contribution is -1.87. The summed E-state index contributed by atoms with van der Waals surface area (Å²) in [5, 5.41) is 2.54. The first kappa shape index (κ1) is 14.1. The Hall–Kier alpha value is -3.32. The molecule has 1 nitrogen and oxygen atoms in total. The quantitative estimate of drug-likeness (QED) is 0.374. The summed E-state index contributed by atoms with van der Waals surface area (Å²) in [5.41, 5.74) is 7.38. The molecule has 0 saturated carbocycles. The van der Waals surface area contributed by atoms with Gasteiger partial charge in [0.15, 0.2) is 0 Å². The lowest BCUT2D eigenvalue weighted by atomic mass is 9.92. The predicted octanol–water partition coefficient (Wildman–Crippen LogP) is 6.66. The molecule has 0 spiro atoms. The number of hydrogen-bond donors (Lipinski definition) is 1. The fourth-order valence-corrected chi connectivity index (χ4v) is 3.68. The van der Waals surface area contributed by atoms with Crippen molar-refractivity contribution in [3.63, 3.8) is 0 Å². The van der Waals surface area contributed by atoms with Crippen LogP contribution in [-0.2, 0) is 0 Å². The van der Waals surface area contributed by atoms with Crippen LogP contribution in [0, 0.1) is 0 Å². The molecule has 1 N–H and O–H groups in total. The van der Waals surface area contributed by atoms with Gasteiger partial charge in [-0.05, 0) is 22.8 Å². The van der Waals surface area contributed by atoms with Crippen LogP contribution in [0.15, 0.2) is 97.1 Å². The Bertz CT molecular complexity index is 1170. The Morgan fingerprint density at radius 1 is 0.480 bits per heavy atom. The minimum atomic E-state index is 1.18. The highest BCUT2D eigenvalue weighted by atomic mass is 14.7. The Morgan fingerprint density at radius 3 is 1.88 bits per heavy atom. The fourth-order valence-electron chi connectivity index (χ4n) is 3.68. The highest BCUT2D eigenvalue weighted by molar-refractivity contribution is 6.14. The topological polar surface area (TPSA) is 15.8 Å². The smallest absolute Gasteiger partial charge is 0.0550 e. The second-order valence-corrected chi connectivity index (χ2v) is 6.31. The van der Waals surface area contributed by atoms with E-state index in [1.807, 2.05) is 0 Å². The maximum absolute atomic E-state index is 3.66. The van der Waals surface area contributed by atoms with Crippen molar-refractivity contribution in [3.8, 4) is 22.3 Å². The molecule has 0 aliphatic carbocycles. The average Bonchev–Trinajstić information content (AvgIpc) is 3.07. The first-order valence-electron chi connectivity index (χ1n) is 8.56. The second-order valence-electron chi connectivity index (χ2n) is 6.31. The third kappa shape index (κ3) is 2.25. The van der Waals surface area contributed by atoms with Crippen molar-refractivity contribution in [2.24, 2.45) is 0 Å². The van der Waals surface area contributed by atoms with Crippen LogP contribution in [0.3, 0.4) is 0 Å². The molecule has 1 heteroatoms. The van der Waals surface area contributed by atoms with Crippen molar-refractivity contribution >= 4 is 21.8 Å². The summed E-state index contributed by atoms with van der Waals surface area (Å²) < 4.78 is 0. The number of aromatic amines is 1. The van der Waals surface area contributed by atoms with Crippen molar-refractivity contribution in [3.05, 3.63) is 97.1 Å². The van der Waals surface area contributed by atoms with Gasteiger partial charge >= 0.3 is 0 Å². The first-order valence-corrected chi connectivity index (χ1v) is 8.56. The van der Waals surface area contributed by atoms with Gasteiger partial charge in [0, 0.05) is 21.9 Å². The van der Waals surface area contributed by atoms with Gasteiger partial charge in [-0.15, -0.1) is 0 Å². The Balaban J connectivity index is 1.93. The number of hydrogen-bond acceptors (Lipinski definition) is 0. The standard InChI is InChI=1S/C24H17N/c1-3-9-17(10-4-1)19-15-16-21-20-13-7-8-14-22(20)25-24(21)23(19)18-11-5-2-6-12-18/h1-16,25H. The molecule has 0 fully saturated rings. The van der Waals surface area contributed by atoms with E-state index in [0.29, 0.717) is 0 Å². The van der Waals surface area contributed by atoms with Gasteiger partial charge in [0.05, 0.1) is 5.52 Å². The van der Waals surface area contributed by atoms with Crippen LogP contribution >= 0.6 is 0 Å². The number of nitrogens with one attached hydrogen (secondary N) is 1. The molecule has 1 aromatic heterocycles. The average molecular weight is 319 g/mol. The molecule has 25 heavy (non-hydrogen) atoms. The number of benzene rings is 4. The molecule has 0 bridgehead atoms. The van der Waals surface area contributed by atoms with Crippen molar-refractivity contribution in [1.82, 2.24) is 4.98 Å². The van der Waals surface area contributed by atoms with E-state index in [2.05, 4.69) is 102 Å². The van der Waals surface area contributed by atoms with Gasteiger partial charge in [0.25, 0.3) is 0 Å². The molecule has 1 heterocycles. The van der Waals surface area contributed by atoms with Crippen LogP contribution in [0.1, 0.15) is 0 Å². The third-order valence-corrected chi connectivity index (χ3v) is 4.83. The molecule has 4 aromatic carbocycles. The number of fused-ring (bicyclic) bond motifs is 3. The van der Waals surface area contributed by atoms with E-state index in [9.17, 15) is 0 Å². The normalized spacial score (nSPS) is 11.2. The van der Waals surface area contributed by atoms with E-state index in [4.69, 9.17) is 0 Å². The van der Waals surface area contributed by atoms with Crippen LogP contribution in [0.4, 0.5) is 0 Å². The highest BCUT2D eigenvalue weighted by Gasteiger charge is 2.14. The third-order valence-electron chi connectivity index (χ3n) is 4.83. The Morgan fingerprint density at radius 2 is 1.12 bits per heavy atom. The van der Waals surface area contributed by atoms with Crippen LogP contribution in [0.5, 0.6) is 0 Å². The predicted molar refractivity (Wildman–Crippen MR) is 107 cm³/mol. The summed E-state index contributed by atoms with van der Waals surface area (Å²) in [6, 6.07) is 34.3. The molecule has 0 radical (unpaired) electrons. The summed E-state index contributed by atoms with van der Waals surface area (Å²) in [5.74, 6) is 0. The Kier molecular flexibility index (Phi) is 3.17. The zero-order valence-corrected chi connectivity index (χ0v) is 13.7. The van der Waals surface area contributed by atoms with Gasteiger partial charge < -0.3 is 4.98 Å². The van der Waals surface area contributed by atoms with E-state index in [1.54, 1.807) is 0 Å². The van der Waals surface area contributed by atoms with Gasteiger partial charge in [-0.1, -0.05) is 91.0 Å². The number of rotatable bonds is 2. The molecule has 0 aliphatic rings. The monoisotopic (exact) mass is 319 g/mol. The SMILES string of the molecule is c1ccc(-c2ccc3c([nH]c4ccccc43)c2-c2ccccc2)cc1. The van der Waals surface area contributed by atoms with E-state index >= 15 is 0 Å². The second kappa shape index (κ2) is 5.64. The van der Waals surface area contributed by atoms with Crippen LogP contribution < -0.4 is 0 Å². The van der Waals surface area contributed by atoms with Gasteiger partial charge in [-0.3, -0.25) is 0 Å². The molecule has 0 amide bonds. The lowest BCUT2D eigenvalue weighted by molar-refractivity contribution is 1.53. The molecular weight excluding hydrogens is 302 g/mol. The molecule has 5 rings (SSSR count). The summed E-state index contributed by atoms with van der Waals surface area (Å²) in [6.07, 6.45) is 0. The summed E-state index contributed by atoms with van der Waals surface area (Å²) >= 11 is 0. The summed E-state index contributed by atoms with van der Waals surface area (Å²) in [6.45, 7) is 0. The van der Waals surface area contributed by atoms with Crippen molar-refractivity contribution in [1.29, 1.82) is 0 Å². The highest BCUT2D eigenvalue weighted by Crippen LogP contribution is 2.40. The van der Waals surface area contributed by atoms with Gasteiger partial charge in [-0.25, -0.2) is 0 Å². The maximum atomic E-state index is 3.66. The zero-order chi connectivity index (χ0) is 16.6. The molecular formula is C24H17N. The zero-order valence-electron chi connectivity index (χ0n) is 13.7. The van der Waals surface area contributed by atoms with Crippen LogP contribution in [-0.4, -0.2) is 4.98 Å². The van der Waals surface area contributed by atoms with E-state index in [-0.39, 0.29) is 0 Å². The van der Waals surface area contributed by atoms with E-state index in [1.165, 1.54) is 44.1 Å².